The molecule has 0 saturated carbocycles. The van der Waals surface area contributed by atoms with E-state index < -0.39 is 0 Å². The minimum absolute atomic E-state index is 0.395. The summed E-state index contributed by atoms with van der Waals surface area (Å²) in [6.07, 6.45) is 2.45. The molecule has 0 nitrogen and oxygen atoms in total. The van der Waals surface area contributed by atoms with E-state index in [-0.39, 0.29) is 0 Å². The Kier molecular flexibility index (Phi) is 3.21. The molecule has 1 aromatic heterocycles. The maximum atomic E-state index is 2.35. The van der Waals surface area contributed by atoms with Crippen LogP contribution in [0.3, 0.4) is 0 Å². The van der Waals surface area contributed by atoms with Crippen LogP contribution in [0.2, 0.25) is 0 Å². The van der Waals surface area contributed by atoms with Crippen molar-refractivity contribution in [1.29, 1.82) is 0 Å². The van der Waals surface area contributed by atoms with Gasteiger partial charge >= 0.3 is 0 Å². The van der Waals surface area contributed by atoms with Crippen molar-refractivity contribution in [2.24, 2.45) is 0 Å². The van der Waals surface area contributed by atoms with Gasteiger partial charge in [-0.25, -0.2) is 0 Å². The van der Waals surface area contributed by atoms with Crippen LogP contribution in [0, 0.1) is 0 Å². The zero-order chi connectivity index (χ0) is 9.03. The average molecular weight is 181 g/mol. The molecule has 0 fully saturated rings. The fraction of sp³-hybridized carbons (Fsp3) is 0.545. The average Bonchev–Trinajstić information content (AvgIpc) is 2.18. The highest BCUT2D eigenvalue weighted by molar-refractivity contribution is 7.09. The Morgan fingerprint density at radius 2 is 1.92 bits per heavy atom. The van der Waals surface area contributed by atoms with Crippen LogP contribution < -0.4 is 0 Å². The molecule has 12 heavy (non-hydrogen) atoms. The lowest BCUT2D eigenvalue weighted by atomic mass is 9.83. The summed E-state index contributed by atoms with van der Waals surface area (Å²) < 4.78 is 0. The predicted octanol–water partition coefficient (Wildman–Crippen LogP) is 4.11. The molecule has 1 aromatic rings. The van der Waals surface area contributed by atoms with Gasteiger partial charge in [0.1, 0.15) is 0 Å². The first kappa shape index (κ1) is 9.66. The van der Waals surface area contributed by atoms with Crippen molar-refractivity contribution in [2.45, 2.75) is 39.0 Å². The van der Waals surface area contributed by atoms with Crippen LogP contribution in [0.1, 0.15) is 38.5 Å². The van der Waals surface area contributed by atoms with E-state index in [4.69, 9.17) is 0 Å². The van der Waals surface area contributed by atoms with Gasteiger partial charge in [-0.1, -0.05) is 26.8 Å². The summed E-state index contributed by atoms with van der Waals surface area (Å²) in [6, 6.07) is 6.48. The third-order valence-corrected chi connectivity index (χ3v) is 3.96. The van der Waals surface area contributed by atoms with Gasteiger partial charge in [0.15, 0.2) is 5.38 Å². The van der Waals surface area contributed by atoms with Gasteiger partial charge in [-0.05, 0) is 25.0 Å². The van der Waals surface area contributed by atoms with Crippen molar-refractivity contribution >= 4 is 11.3 Å². The van der Waals surface area contributed by atoms with Gasteiger partial charge in [0.2, 0.25) is 16.2 Å². The van der Waals surface area contributed by atoms with Gasteiger partial charge in [-0.2, -0.15) is 0 Å². The standard InChI is InChI=1S/C11H17S/c1-4-11(3,5-2)10-8-6-7-9-12-10/h6-9H,4-5H2,1-3H3/q+1. The molecular weight excluding hydrogens is 164 g/mol. The van der Waals surface area contributed by atoms with Gasteiger partial charge in [0.05, 0.1) is 0 Å². The van der Waals surface area contributed by atoms with Crippen LogP contribution in [0.25, 0.3) is 0 Å². The quantitative estimate of drug-likeness (QED) is 0.616. The Labute approximate surface area is 79.3 Å². The lowest BCUT2D eigenvalue weighted by molar-refractivity contribution is 0.447. The molecule has 0 aliphatic heterocycles. The second-order valence-corrected chi connectivity index (χ2v) is 4.39. The SMILES string of the molecule is CCC(C)(CC)c1cccc[s+]1. The highest BCUT2D eigenvalue weighted by Crippen LogP contribution is 2.32. The fourth-order valence-corrected chi connectivity index (χ4v) is 2.33. The van der Waals surface area contributed by atoms with Crippen molar-refractivity contribution in [3.63, 3.8) is 0 Å². The van der Waals surface area contributed by atoms with E-state index in [1.807, 2.05) is 11.3 Å². The van der Waals surface area contributed by atoms with Crippen molar-refractivity contribution < 1.29 is 0 Å². The van der Waals surface area contributed by atoms with Crippen LogP contribution in [-0.4, -0.2) is 0 Å². The van der Waals surface area contributed by atoms with Gasteiger partial charge in [0, 0.05) is 5.41 Å². The van der Waals surface area contributed by atoms with Crippen LogP contribution in [0.15, 0.2) is 23.6 Å². The minimum atomic E-state index is 0.395. The van der Waals surface area contributed by atoms with Gasteiger partial charge in [0.25, 0.3) is 0 Å². The molecule has 0 radical (unpaired) electrons. The summed E-state index contributed by atoms with van der Waals surface area (Å²) in [6.45, 7) is 6.88. The van der Waals surface area contributed by atoms with E-state index in [2.05, 4.69) is 44.4 Å². The van der Waals surface area contributed by atoms with E-state index in [9.17, 15) is 0 Å². The number of rotatable bonds is 3. The minimum Gasteiger partial charge on any atom is -0.0644 e. The zero-order valence-corrected chi connectivity index (χ0v) is 8.95. The topological polar surface area (TPSA) is 0 Å². The van der Waals surface area contributed by atoms with Gasteiger partial charge in [-0.3, -0.25) is 0 Å². The molecule has 66 valence electrons. The Balaban J connectivity index is 2.95. The number of hydrogen-bond acceptors (Lipinski definition) is 0. The first-order valence-corrected chi connectivity index (χ1v) is 5.48. The van der Waals surface area contributed by atoms with Crippen LogP contribution in [-0.2, 0) is 5.41 Å². The molecular formula is C11H17S+. The van der Waals surface area contributed by atoms with Gasteiger partial charge in [-0.15, -0.1) is 0 Å². The molecule has 1 heteroatoms. The first-order valence-electron chi connectivity index (χ1n) is 4.60. The summed E-state index contributed by atoms with van der Waals surface area (Å²) in [5.41, 5.74) is 0.395. The molecule has 0 bridgehead atoms. The van der Waals surface area contributed by atoms with Crippen LogP contribution in [0.4, 0.5) is 0 Å². The Morgan fingerprint density at radius 1 is 1.25 bits per heavy atom. The molecule has 0 amide bonds. The van der Waals surface area contributed by atoms with E-state index in [0.717, 1.165) is 0 Å². The summed E-state index contributed by atoms with van der Waals surface area (Å²) in [4.78, 5) is 1.51. The summed E-state index contributed by atoms with van der Waals surface area (Å²) in [5, 5.41) is 2.17. The van der Waals surface area contributed by atoms with E-state index in [1.165, 1.54) is 17.7 Å². The highest BCUT2D eigenvalue weighted by atomic mass is 32.1. The third kappa shape index (κ3) is 1.84. The molecule has 0 aromatic carbocycles. The predicted molar refractivity (Wildman–Crippen MR) is 56.7 cm³/mol. The molecule has 0 aliphatic carbocycles. The van der Waals surface area contributed by atoms with Crippen molar-refractivity contribution in [2.75, 3.05) is 0 Å². The summed E-state index contributed by atoms with van der Waals surface area (Å²) in [7, 11) is 0. The molecule has 0 unspecified atom stereocenters. The second-order valence-electron chi connectivity index (χ2n) is 3.44. The summed E-state index contributed by atoms with van der Waals surface area (Å²) >= 11 is 1.87. The van der Waals surface area contributed by atoms with Crippen molar-refractivity contribution in [1.82, 2.24) is 0 Å². The largest absolute Gasteiger partial charge is 0.215 e. The normalized spacial score (nSPS) is 11.6. The zero-order valence-electron chi connectivity index (χ0n) is 8.13. The Hall–Kier alpha value is -0.430. The second kappa shape index (κ2) is 3.99. The molecule has 0 aliphatic rings. The summed E-state index contributed by atoms with van der Waals surface area (Å²) in [5.74, 6) is 0. The smallest absolute Gasteiger partial charge is 0.0644 e. The molecule has 0 atom stereocenters. The van der Waals surface area contributed by atoms with E-state index in [0.29, 0.717) is 5.41 Å². The highest BCUT2D eigenvalue weighted by Gasteiger charge is 2.29. The Morgan fingerprint density at radius 3 is 2.33 bits per heavy atom. The molecule has 1 heterocycles. The van der Waals surface area contributed by atoms with Crippen molar-refractivity contribution in [3.05, 3.63) is 28.5 Å². The maximum absolute atomic E-state index is 2.35. The maximum Gasteiger partial charge on any atom is 0.215 e. The van der Waals surface area contributed by atoms with E-state index in [1.54, 1.807) is 0 Å². The third-order valence-electron chi connectivity index (χ3n) is 2.79. The van der Waals surface area contributed by atoms with Gasteiger partial charge < -0.3 is 0 Å². The van der Waals surface area contributed by atoms with E-state index >= 15 is 0 Å². The van der Waals surface area contributed by atoms with Crippen LogP contribution >= 0.6 is 11.3 Å². The fourth-order valence-electron chi connectivity index (χ4n) is 1.28. The van der Waals surface area contributed by atoms with Crippen LogP contribution in [0.5, 0.6) is 0 Å². The first-order chi connectivity index (χ1) is 5.73. The molecule has 0 spiro atoms. The number of hydrogen-bond donors (Lipinski definition) is 0. The lowest BCUT2D eigenvalue weighted by Gasteiger charge is -2.19. The molecule has 0 N–H and O–H groups in total. The molecule has 0 saturated heterocycles. The molecule has 1 rings (SSSR count). The lowest BCUT2D eigenvalue weighted by Crippen LogP contribution is -2.17. The monoisotopic (exact) mass is 181 g/mol. The van der Waals surface area contributed by atoms with Crippen molar-refractivity contribution in [3.8, 4) is 0 Å². The Bertz CT molecular complexity index is 224.